The third-order valence-corrected chi connectivity index (χ3v) is 6.69. The minimum atomic E-state index is -4.08. The van der Waals surface area contributed by atoms with Gasteiger partial charge < -0.3 is 10.1 Å². The summed E-state index contributed by atoms with van der Waals surface area (Å²) in [7, 11) is -4.08. The molecule has 0 atom stereocenters. The molecule has 0 radical (unpaired) electrons. The van der Waals surface area contributed by atoms with E-state index < -0.39 is 16.0 Å². The number of esters is 1. The number of nitrogens with one attached hydrogen (secondary N) is 1. The number of amides is 1. The molecule has 0 unspecified atom stereocenters. The number of nitrogens with zero attached hydrogens (tertiary/aromatic N) is 1. The summed E-state index contributed by atoms with van der Waals surface area (Å²) in [4.78, 5) is 28.6. The molecule has 1 amide bonds. The average Bonchev–Trinajstić information content (AvgIpc) is 3.15. The van der Waals surface area contributed by atoms with Crippen LogP contribution in [0.25, 0.3) is 0 Å². The predicted octanol–water partition coefficient (Wildman–Crippen LogP) is 3.60. The fourth-order valence-electron chi connectivity index (χ4n) is 2.77. The second kappa shape index (κ2) is 9.78. The van der Waals surface area contributed by atoms with Crippen LogP contribution in [0.5, 0.6) is 0 Å². The van der Waals surface area contributed by atoms with Crippen molar-refractivity contribution >= 4 is 50.5 Å². The van der Waals surface area contributed by atoms with E-state index in [1.54, 1.807) is 5.38 Å². The number of thiazole rings is 1. The Balaban J connectivity index is 1.59. The maximum absolute atomic E-state index is 12.3. The van der Waals surface area contributed by atoms with Crippen LogP contribution in [0.4, 0.5) is 5.69 Å². The van der Waals surface area contributed by atoms with E-state index in [0.717, 1.165) is 22.9 Å². The number of primary sulfonamides is 1. The molecule has 8 nitrogen and oxygen atoms in total. The molecule has 2 aromatic carbocycles. The number of ether oxygens (including phenoxy) is 1. The molecule has 32 heavy (non-hydrogen) atoms. The number of benzene rings is 2. The van der Waals surface area contributed by atoms with Crippen molar-refractivity contribution < 1.29 is 22.7 Å². The summed E-state index contributed by atoms with van der Waals surface area (Å²) < 4.78 is 28.3. The summed E-state index contributed by atoms with van der Waals surface area (Å²) in [5.41, 5.74) is 3.22. The van der Waals surface area contributed by atoms with Crippen LogP contribution < -0.4 is 10.5 Å². The van der Waals surface area contributed by atoms with Gasteiger partial charge in [-0.1, -0.05) is 23.7 Å². The van der Waals surface area contributed by atoms with Gasteiger partial charge in [0.15, 0.2) is 0 Å². The first-order valence-corrected chi connectivity index (χ1v) is 12.1. The Morgan fingerprint density at radius 1 is 1.19 bits per heavy atom. The minimum Gasteiger partial charge on any atom is -0.456 e. The number of halogens is 1. The molecule has 3 N–H and O–H groups in total. The lowest BCUT2D eigenvalue weighted by Crippen LogP contribution is -2.15. The summed E-state index contributed by atoms with van der Waals surface area (Å²) in [6.45, 7) is 3.72. The van der Waals surface area contributed by atoms with Gasteiger partial charge in [-0.05, 0) is 49.2 Å². The number of sulfonamides is 1. The standard InChI is InChI=1S/C21H20ClN3O5S2/c1-12-3-4-13(2)17(7-12)25-19(26)9-20-24-15(11-31-20)10-30-21(27)14-5-6-16(22)18(8-14)32(23,28)29/h3-8,11H,9-10H2,1-2H3,(H,25,26)(H2,23,28,29). The Labute approximate surface area is 194 Å². The van der Waals surface area contributed by atoms with Crippen molar-refractivity contribution in [2.75, 3.05) is 5.32 Å². The fourth-order valence-corrected chi connectivity index (χ4v) is 4.62. The molecule has 0 aliphatic carbocycles. The van der Waals surface area contributed by atoms with E-state index in [0.29, 0.717) is 10.7 Å². The number of carbonyl (C=O) groups excluding carboxylic acids is 2. The van der Waals surface area contributed by atoms with Crippen molar-refractivity contribution in [1.82, 2.24) is 4.98 Å². The second-order valence-corrected chi connectivity index (χ2v) is 9.92. The number of hydrogen-bond acceptors (Lipinski definition) is 7. The van der Waals surface area contributed by atoms with E-state index in [2.05, 4.69) is 10.3 Å². The largest absolute Gasteiger partial charge is 0.456 e. The summed E-state index contributed by atoms with van der Waals surface area (Å²) in [6.07, 6.45) is 0.0842. The van der Waals surface area contributed by atoms with Crippen LogP contribution in [-0.2, 0) is 32.6 Å². The highest BCUT2D eigenvalue weighted by atomic mass is 35.5. The van der Waals surface area contributed by atoms with Gasteiger partial charge in [-0.3, -0.25) is 4.79 Å². The van der Waals surface area contributed by atoms with Crippen molar-refractivity contribution in [3.05, 3.63) is 74.2 Å². The van der Waals surface area contributed by atoms with E-state index in [4.69, 9.17) is 21.5 Å². The Morgan fingerprint density at radius 2 is 1.94 bits per heavy atom. The van der Waals surface area contributed by atoms with Crippen molar-refractivity contribution in [1.29, 1.82) is 0 Å². The highest BCUT2D eigenvalue weighted by Crippen LogP contribution is 2.22. The lowest BCUT2D eigenvalue weighted by molar-refractivity contribution is -0.115. The van der Waals surface area contributed by atoms with E-state index in [1.807, 2.05) is 32.0 Å². The normalized spacial score (nSPS) is 11.2. The first-order chi connectivity index (χ1) is 15.0. The highest BCUT2D eigenvalue weighted by molar-refractivity contribution is 7.89. The second-order valence-electron chi connectivity index (χ2n) is 7.04. The van der Waals surface area contributed by atoms with Gasteiger partial charge in [0.05, 0.1) is 22.7 Å². The van der Waals surface area contributed by atoms with E-state index in [9.17, 15) is 18.0 Å². The van der Waals surface area contributed by atoms with E-state index in [-0.39, 0.29) is 34.4 Å². The molecule has 1 heterocycles. The van der Waals surface area contributed by atoms with Gasteiger partial charge in [-0.15, -0.1) is 11.3 Å². The zero-order valence-corrected chi connectivity index (χ0v) is 19.6. The minimum absolute atomic E-state index is 0.0122. The lowest BCUT2D eigenvalue weighted by Gasteiger charge is -2.08. The summed E-state index contributed by atoms with van der Waals surface area (Å²) in [6, 6.07) is 9.46. The van der Waals surface area contributed by atoms with Gasteiger partial charge in [0, 0.05) is 11.1 Å². The van der Waals surface area contributed by atoms with Gasteiger partial charge in [0.1, 0.15) is 16.5 Å². The SMILES string of the molecule is Cc1ccc(C)c(NC(=O)Cc2nc(COC(=O)c3ccc(Cl)c(S(N)(=O)=O)c3)cs2)c1. The molecular formula is C21H20ClN3O5S2. The van der Waals surface area contributed by atoms with Crippen molar-refractivity contribution in [2.24, 2.45) is 5.14 Å². The van der Waals surface area contributed by atoms with Crippen LogP contribution in [-0.4, -0.2) is 25.3 Å². The third kappa shape index (κ3) is 6.13. The van der Waals surface area contributed by atoms with Gasteiger partial charge in [-0.25, -0.2) is 23.3 Å². The highest BCUT2D eigenvalue weighted by Gasteiger charge is 2.18. The topological polar surface area (TPSA) is 128 Å². The van der Waals surface area contributed by atoms with Crippen molar-refractivity contribution in [3.63, 3.8) is 0 Å². The summed E-state index contributed by atoms with van der Waals surface area (Å²) >= 11 is 7.09. The van der Waals surface area contributed by atoms with Crippen LogP contribution in [0.1, 0.15) is 32.2 Å². The molecule has 0 saturated carbocycles. The van der Waals surface area contributed by atoms with Crippen molar-refractivity contribution in [2.45, 2.75) is 31.8 Å². The Kier molecular flexibility index (Phi) is 7.29. The fraction of sp³-hybridized carbons (Fsp3) is 0.190. The zero-order valence-electron chi connectivity index (χ0n) is 17.2. The molecule has 1 aromatic heterocycles. The Hall–Kier alpha value is -2.79. The van der Waals surface area contributed by atoms with Crippen LogP contribution in [0.15, 0.2) is 46.7 Å². The quantitative estimate of drug-likeness (QED) is 0.484. The molecular weight excluding hydrogens is 474 g/mol. The van der Waals surface area contributed by atoms with Gasteiger partial charge >= 0.3 is 5.97 Å². The molecule has 168 valence electrons. The maximum Gasteiger partial charge on any atom is 0.338 e. The number of aromatic nitrogens is 1. The van der Waals surface area contributed by atoms with Gasteiger partial charge in [-0.2, -0.15) is 0 Å². The van der Waals surface area contributed by atoms with E-state index in [1.165, 1.54) is 23.5 Å². The molecule has 3 aromatic rings. The number of hydrogen-bond donors (Lipinski definition) is 2. The van der Waals surface area contributed by atoms with Gasteiger partial charge in [0.2, 0.25) is 15.9 Å². The van der Waals surface area contributed by atoms with E-state index >= 15 is 0 Å². The van der Waals surface area contributed by atoms with Crippen molar-refractivity contribution in [3.8, 4) is 0 Å². The molecule has 0 fully saturated rings. The van der Waals surface area contributed by atoms with Crippen LogP contribution >= 0.6 is 22.9 Å². The van der Waals surface area contributed by atoms with Crippen LogP contribution in [0.3, 0.4) is 0 Å². The first kappa shape index (κ1) is 23.9. The molecule has 0 spiro atoms. The zero-order chi connectivity index (χ0) is 23.5. The molecule has 3 rings (SSSR count). The molecule has 0 aliphatic rings. The molecule has 0 aliphatic heterocycles. The number of carbonyl (C=O) groups is 2. The first-order valence-electron chi connectivity index (χ1n) is 9.33. The number of aryl methyl sites for hydroxylation is 2. The van der Waals surface area contributed by atoms with Crippen LogP contribution in [0.2, 0.25) is 5.02 Å². The molecule has 11 heteroatoms. The monoisotopic (exact) mass is 493 g/mol. The molecule has 0 saturated heterocycles. The Morgan fingerprint density at radius 3 is 2.66 bits per heavy atom. The summed E-state index contributed by atoms with van der Waals surface area (Å²) in [5.74, 6) is -0.956. The third-order valence-electron chi connectivity index (χ3n) is 4.40. The average molecular weight is 494 g/mol. The Bertz CT molecular complexity index is 1290. The molecule has 0 bridgehead atoms. The van der Waals surface area contributed by atoms with Crippen LogP contribution in [0, 0.1) is 13.8 Å². The smallest absolute Gasteiger partial charge is 0.338 e. The number of anilines is 1. The lowest BCUT2D eigenvalue weighted by atomic mass is 10.1. The summed E-state index contributed by atoms with van der Waals surface area (Å²) in [5, 5.41) is 10.1. The number of nitrogens with two attached hydrogens (primary N) is 1. The maximum atomic E-state index is 12.3. The van der Waals surface area contributed by atoms with Gasteiger partial charge in [0.25, 0.3) is 0 Å². The predicted molar refractivity (Wildman–Crippen MR) is 122 cm³/mol. The number of rotatable bonds is 7.